The van der Waals surface area contributed by atoms with E-state index in [4.69, 9.17) is 4.74 Å². The number of carboxylic acid groups (broad SMARTS) is 1. The smallest absolute Gasteiger partial charge is 0.306 e. The number of aliphatic carboxylic acids is 1. The van der Waals surface area contributed by atoms with Crippen molar-refractivity contribution in [2.45, 2.75) is 26.3 Å². The van der Waals surface area contributed by atoms with Crippen molar-refractivity contribution in [1.29, 1.82) is 0 Å². The average Bonchev–Trinajstić information content (AvgIpc) is 2.71. The van der Waals surface area contributed by atoms with E-state index in [0.29, 0.717) is 24.2 Å². The van der Waals surface area contributed by atoms with Crippen LogP contribution >= 0.6 is 0 Å². The monoisotopic (exact) mass is 411 g/mol. The second-order valence-corrected chi connectivity index (χ2v) is 6.09. The lowest BCUT2D eigenvalue weighted by Crippen LogP contribution is -2.24. The Morgan fingerprint density at radius 3 is 2.21 bits per heavy atom. The van der Waals surface area contributed by atoms with Crippen LogP contribution in [-0.2, 0) is 17.8 Å². The minimum absolute atomic E-state index is 0.249. The van der Waals surface area contributed by atoms with E-state index >= 15 is 0 Å². The third-order valence-corrected chi connectivity index (χ3v) is 4.20. The van der Waals surface area contributed by atoms with Crippen LogP contribution in [0.15, 0.2) is 42.5 Å². The summed E-state index contributed by atoms with van der Waals surface area (Å²) < 4.78 is 37.4. The van der Waals surface area contributed by atoms with Gasteiger partial charge in [-0.15, -0.1) is 0 Å². The first-order valence-corrected chi connectivity index (χ1v) is 8.90. The third-order valence-electron chi connectivity index (χ3n) is 4.20. The van der Waals surface area contributed by atoms with Gasteiger partial charge >= 0.3 is 5.97 Å². The molecule has 1 amide bonds. The zero-order valence-corrected chi connectivity index (χ0v) is 16.3. The highest BCUT2D eigenvalue weighted by molar-refractivity contribution is 5.97. The Morgan fingerprint density at radius 1 is 1.10 bits per heavy atom. The summed E-state index contributed by atoms with van der Waals surface area (Å²) in [5.74, 6) is -1.62. The molecule has 0 radical (unpaired) electrons. The number of nitrogens with one attached hydrogen (secondary N) is 1. The van der Waals surface area contributed by atoms with Gasteiger partial charge in [0.05, 0.1) is 18.6 Å². The highest BCUT2D eigenvalue weighted by atomic mass is 19.3. The van der Waals surface area contributed by atoms with Gasteiger partial charge in [0, 0.05) is 6.54 Å². The summed E-state index contributed by atoms with van der Waals surface area (Å²) in [6.45, 7) is 0.317. The van der Waals surface area contributed by atoms with Crippen LogP contribution in [0.2, 0.25) is 0 Å². The fraction of sp³-hybridized carbons (Fsp3) is 0.333. The van der Waals surface area contributed by atoms with Gasteiger partial charge in [0.15, 0.2) is 0 Å². The summed E-state index contributed by atoms with van der Waals surface area (Å²) in [5, 5.41) is 12.0. The topological polar surface area (TPSA) is 75.6 Å². The molecule has 0 aromatic heterocycles. The molecule has 0 bridgehead atoms. The molecule has 2 rings (SSSR count). The second kappa shape index (κ2) is 12.4. The van der Waals surface area contributed by atoms with E-state index < -0.39 is 18.8 Å². The number of hydrogen-bond acceptors (Lipinski definition) is 3. The Bertz CT molecular complexity index is 797. The molecule has 1 unspecified atom stereocenters. The van der Waals surface area contributed by atoms with Crippen LogP contribution in [0.5, 0.6) is 5.75 Å². The number of carbonyl (C=O) groups excluding carboxylic acids is 1. The highest BCUT2D eigenvalue weighted by Crippen LogP contribution is 2.22. The normalized spacial score (nSPS) is 11.1. The number of amides is 1. The minimum atomic E-state index is -1.75. The molecule has 0 spiro atoms. The lowest BCUT2D eigenvalue weighted by Gasteiger charge is -2.14. The minimum Gasteiger partial charge on any atom is -0.496 e. The first kappa shape index (κ1) is 24.0. The second-order valence-electron chi connectivity index (χ2n) is 6.09. The van der Waals surface area contributed by atoms with E-state index in [1.165, 1.54) is 19.2 Å². The average molecular weight is 411 g/mol. The van der Waals surface area contributed by atoms with Crippen molar-refractivity contribution in [3.05, 3.63) is 65.0 Å². The molecule has 2 aromatic rings. The summed E-state index contributed by atoms with van der Waals surface area (Å²) in [4.78, 5) is 23.8. The molecule has 29 heavy (non-hydrogen) atoms. The summed E-state index contributed by atoms with van der Waals surface area (Å²) >= 11 is 0. The van der Waals surface area contributed by atoms with E-state index in [0.717, 1.165) is 11.1 Å². The summed E-state index contributed by atoms with van der Waals surface area (Å²) in [5.41, 5.74) is 1.87. The standard InChI is InChI=1S/C20H22FNO4.CH2F2/c1-3-15(20(24)25)10-14-6-9-18(26-2)17(11-14)19(23)22-12-13-4-7-16(21)8-5-13;2-1-3/h4-9,11,15H,3,10,12H2,1-2H3,(H,22,23)(H,24,25);1H2. The van der Waals surface area contributed by atoms with Crippen molar-refractivity contribution >= 4 is 11.9 Å². The van der Waals surface area contributed by atoms with Crippen LogP contribution < -0.4 is 10.1 Å². The molecule has 0 fully saturated rings. The molecular formula is C21H24F3NO4. The maximum Gasteiger partial charge on any atom is 0.306 e. The summed E-state index contributed by atoms with van der Waals surface area (Å²) in [6, 6.07) is 10.9. The van der Waals surface area contributed by atoms with Crippen LogP contribution in [0.25, 0.3) is 0 Å². The number of alkyl halides is 2. The number of carbonyl (C=O) groups is 2. The molecule has 1 atom stereocenters. The van der Waals surface area contributed by atoms with Gasteiger partial charge in [-0.1, -0.05) is 25.1 Å². The van der Waals surface area contributed by atoms with Crippen LogP contribution in [0.1, 0.15) is 34.8 Å². The predicted molar refractivity (Wildman–Crippen MR) is 103 cm³/mol. The van der Waals surface area contributed by atoms with Crippen molar-refractivity contribution in [2.24, 2.45) is 5.92 Å². The van der Waals surface area contributed by atoms with E-state index in [-0.39, 0.29) is 18.3 Å². The van der Waals surface area contributed by atoms with Crippen LogP contribution in [0.4, 0.5) is 13.2 Å². The maximum absolute atomic E-state index is 12.9. The van der Waals surface area contributed by atoms with Gasteiger partial charge in [-0.25, -0.2) is 13.2 Å². The van der Waals surface area contributed by atoms with Crippen molar-refractivity contribution in [3.63, 3.8) is 0 Å². The van der Waals surface area contributed by atoms with Crippen LogP contribution in [0.3, 0.4) is 0 Å². The van der Waals surface area contributed by atoms with Crippen LogP contribution in [0, 0.1) is 11.7 Å². The molecule has 0 saturated carbocycles. The number of halogens is 3. The maximum atomic E-state index is 12.9. The van der Waals surface area contributed by atoms with Gasteiger partial charge in [0.2, 0.25) is 6.93 Å². The fourth-order valence-electron chi connectivity index (χ4n) is 2.63. The van der Waals surface area contributed by atoms with E-state index in [2.05, 4.69) is 5.32 Å². The fourth-order valence-corrected chi connectivity index (χ4v) is 2.63. The number of hydrogen-bond donors (Lipinski definition) is 2. The zero-order valence-electron chi connectivity index (χ0n) is 16.3. The lowest BCUT2D eigenvalue weighted by molar-refractivity contribution is -0.141. The predicted octanol–water partition coefficient (Wildman–Crippen LogP) is 4.30. The molecule has 158 valence electrons. The molecule has 0 aliphatic rings. The number of rotatable bonds is 8. The van der Waals surface area contributed by atoms with Gasteiger partial charge in [-0.05, 0) is 48.2 Å². The highest BCUT2D eigenvalue weighted by Gasteiger charge is 2.18. The Kier molecular flexibility index (Phi) is 10.3. The zero-order chi connectivity index (χ0) is 21.8. The molecule has 2 aromatic carbocycles. The van der Waals surface area contributed by atoms with Gasteiger partial charge in [-0.2, -0.15) is 0 Å². The van der Waals surface area contributed by atoms with Gasteiger partial charge < -0.3 is 15.2 Å². The Morgan fingerprint density at radius 2 is 1.69 bits per heavy atom. The molecule has 5 nitrogen and oxygen atoms in total. The van der Waals surface area contributed by atoms with Crippen molar-refractivity contribution in [1.82, 2.24) is 5.32 Å². The molecule has 0 saturated heterocycles. The van der Waals surface area contributed by atoms with E-state index in [1.54, 1.807) is 30.3 Å². The summed E-state index contributed by atoms with van der Waals surface area (Å²) in [6.07, 6.45) is 0.849. The molecule has 0 heterocycles. The first-order chi connectivity index (χ1) is 13.9. The third kappa shape index (κ3) is 7.85. The molecule has 0 aliphatic heterocycles. The van der Waals surface area contributed by atoms with Crippen molar-refractivity contribution < 1.29 is 32.6 Å². The molecule has 2 N–H and O–H groups in total. The molecule has 8 heteroatoms. The van der Waals surface area contributed by atoms with Gasteiger partial charge in [0.25, 0.3) is 5.91 Å². The molecular weight excluding hydrogens is 387 g/mol. The van der Waals surface area contributed by atoms with E-state index in [9.17, 15) is 27.9 Å². The number of carboxylic acids is 1. The van der Waals surface area contributed by atoms with Crippen LogP contribution in [-0.4, -0.2) is 31.0 Å². The van der Waals surface area contributed by atoms with Crippen molar-refractivity contribution in [3.8, 4) is 5.75 Å². The number of benzene rings is 2. The van der Waals surface area contributed by atoms with Gasteiger partial charge in [-0.3, -0.25) is 9.59 Å². The lowest BCUT2D eigenvalue weighted by atomic mass is 9.95. The number of methoxy groups -OCH3 is 1. The quantitative estimate of drug-likeness (QED) is 0.679. The Labute approximate surface area is 167 Å². The largest absolute Gasteiger partial charge is 0.496 e. The SMILES string of the molecule is CCC(Cc1ccc(OC)c(C(=O)NCc2ccc(F)cc2)c1)C(=O)O.FCF. The van der Waals surface area contributed by atoms with Gasteiger partial charge in [0.1, 0.15) is 11.6 Å². The summed E-state index contributed by atoms with van der Waals surface area (Å²) in [7, 11) is 1.47. The Hall–Kier alpha value is -3.03. The van der Waals surface area contributed by atoms with E-state index in [1.807, 2.05) is 6.92 Å². The first-order valence-electron chi connectivity index (χ1n) is 8.90. The molecule has 0 aliphatic carbocycles. The van der Waals surface area contributed by atoms with Crippen molar-refractivity contribution in [2.75, 3.05) is 14.0 Å². The number of ether oxygens (including phenoxy) is 1. The Balaban J connectivity index is 0.00000132.